The van der Waals surface area contributed by atoms with Crippen molar-refractivity contribution in [3.63, 3.8) is 0 Å². The Balaban J connectivity index is 2.05. The molecular formula is C24H28N4O2. The molecule has 3 rings (SSSR count). The number of carbonyl (C=O) groups is 1. The van der Waals surface area contributed by atoms with Crippen LogP contribution in [0.1, 0.15) is 42.6 Å². The Kier molecular flexibility index (Phi) is 6.67. The Bertz CT molecular complexity index is 1090. The lowest BCUT2D eigenvalue weighted by Crippen LogP contribution is -2.24. The lowest BCUT2D eigenvalue weighted by atomic mass is 10.0. The summed E-state index contributed by atoms with van der Waals surface area (Å²) in [7, 11) is 0. The van der Waals surface area contributed by atoms with Gasteiger partial charge in [0.25, 0.3) is 5.91 Å². The molecule has 4 N–H and O–H groups in total. The average Bonchev–Trinajstić information content (AvgIpc) is 2.70. The molecule has 0 saturated heterocycles. The third kappa shape index (κ3) is 5.14. The van der Waals surface area contributed by atoms with Gasteiger partial charge >= 0.3 is 0 Å². The zero-order chi connectivity index (χ0) is 21.7. The van der Waals surface area contributed by atoms with Crippen LogP contribution in [0.25, 0.3) is 22.2 Å². The van der Waals surface area contributed by atoms with E-state index in [-0.39, 0.29) is 5.96 Å². The molecule has 0 aliphatic rings. The van der Waals surface area contributed by atoms with Crippen molar-refractivity contribution < 1.29 is 9.53 Å². The van der Waals surface area contributed by atoms with Crippen molar-refractivity contribution in [2.75, 3.05) is 6.61 Å². The molecule has 0 unspecified atom stereocenters. The van der Waals surface area contributed by atoms with Crippen molar-refractivity contribution in [3.05, 3.63) is 59.7 Å². The summed E-state index contributed by atoms with van der Waals surface area (Å²) in [5.74, 6) is 0.547. The highest BCUT2D eigenvalue weighted by Crippen LogP contribution is 2.30. The first kappa shape index (κ1) is 21.3. The maximum absolute atomic E-state index is 12.8. The fourth-order valence-electron chi connectivity index (χ4n) is 3.33. The third-order valence-electron chi connectivity index (χ3n) is 4.86. The summed E-state index contributed by atoms with van der Waals surface area (Å²) in [5.41, 5.74) is 14.7. The fourth-order valence-corrected chi connectivity index (χ4v) is 3.33. The second-order valence-electron chi connectivity index (χ2n) is 7.78. The van der Waals surface area contributed by atoms with Crippen LogP contribution in [0.2, 0.25) is 0 Å². The van der Waals surface area contributed by atoms with E-state index < -0.39 is 5.91 Å². The lowest BCUT2D eigenvalue weighted by molar-refractivity contribution is 0.100. The second kappa shape index (κ2) is 9.39. The van der Waals surface area contributed by atoms with Gasteiger partial charge in [0.15, 0.2) is 5.96 Å². The molecule has 3 aromatic rings. The monoisotopic (exact) mass is 404 g/mol. The van der Waals surface area contributed by atoms with Crippen molar-refractivity contribution in [2.24, 2.45) is 22.4 Å². The van der Waals surface area contributed by atoms with E-state index in [2.05, 4.69) is 18.8 Å². The van der Waals surface area contributed by atoms with Crippen LogP contribution in [0.3, 0.4) is 0 Å². The third-order valence-corrected chi connectivity index (χ3v) is 4.86. The van der Waals surface area contributed by atoms with Gasteiger partial charge in [-0.15, -0.1) is 0 Å². The van der Waals surface area contributed by atoms with Gasteiger partial charge in [0.05, 0.1) is 23.4 Å². The Morgan fingerprint density at radius 3 is 2.60 bits per heavy atom. The molecule has 1 aromatic heterocycles. The Hall–Kier alpha value is -3.41. The van der Waals surface area contributed by atoms with Crippen molar-refractivity contribution in [1.82, 2.24) is 4.98 Å². The summed E-state index contributed by atoms with van der Waals surface area (Å²) in [5, 5.41) is 0.656. The van der Waals surface area contributed by atoms with Crippen molar-refractivity contribution >= 4 is 22.8 Å². The molecule has 6 nitrogen and oxygen atoms in total. The van der Waals surface area contributed by atoms with Crippen LogP contribution in [-0.4, -0.2) is 23.5 Å². The minimum absolute atomic E-state index is 0.275. The maximum Gasteiger partial charge on any atom is 0.280 e. The number of nitrogens with two attached hydrogens (primary N) is 2. The van der Waals surface area contributed by atoms with Gasteiger partial charge in [0.1, 0.15) is 5.75 Å². The number of carbonyl (C=O) groups excluding carboxylic acids is 1. The van der Waals surface area contributed by atoms with Crippen LogP contribution < -0.4 is 16.2 Å². The van der Waals surface area contributed by atoms with Gasteiger partial charge in [-0.05, 0) is 55.5 Å². The van der Waals surface area contributed by atoms with Crippen LogP contribution in [0.15, 0.2) is 53.5 Å². The van der Waals surface area contributed by atoms with Crippen LogP contribution in [0, 0.1) is 12.8 Å². The molecule has 2 aromatic carbocycles. The number of ether oxygens (including phenoxy) is 1. The van der Waals surface area contributed by atoms with E-state index in [0.29, 0.717) is 40.4 Å². The molecule has 0 radical (unpaired) electrons. The Morgan fingerprint density at radius 2 is 1.90 bits per heavy atom. The highest BCUT2D eigenvalue weighted by atomic mass is 16.5. The average molecular weight is 405 g/mol. The number of amides is 1. The maximum atomic E-state index is 12.8. The summed E-state index contributed by atoms with van der Waals surface area (Å²) >= 11 is 0. The van der Waals surface area contributed by atoms with Crippen LogP contribution >= 0.6 is 0 Å². The standard InChI is InChI=1S/C24H28N4O2/c1-15(2)7-6-12-30-17-10-11-21-19(13-17)20(23(29)28-24(25)26)14-22(27-21)18-9-5-4-8-16(18)3/h4-5,8-11,13-15H,6-7,12H2,1-3H3,(H4,25,26,28,29). The fraction of sp³-hybridized carbons (Fsp3) is 0.292. The van der Waals surface area contributed by atoms with Crippen LogP contribution in [0.5, 0.6) is 5.75 Å². The largest absolute Gasteiger partial charge is 0.494 e. The van der Waals surface area contributed by atoms with Gasteiger partial charge in [-0.3, -0.25) is 4.79 Å². The molecule has 0 spiro atoms. The quantitative estimate of drug-likeness (QED) is 0.344. The van der Waals surface area contributed by atoms with Crippen molar-refractivity contribution in [1.29, 1.82) is 0 Å². The van der Waals surface area contributed by atoms with Crippen LogP contribution in [0.4, 0.5) is 0 Å². The number of aliphatic imine (C=N–C) groups is 1. The SMILES string of the molecule is Cc1ccccc1-c1cc(C(=O)N=C(N)N)c2cc(OCCCC(C)C)ccc2n1. The van der Waals surface area contributed by atoms with Gasteiger partial charge in [0, 0.05) is 10.9 Å². The number of nitrogens with zero attached hydrogens (tertiary/aromatic N) is 2. The number of guanidine groups is 1. The van der Waals surface area contributed by atoms with E-state index in [1.54, 1.807) is 6.07 Å². The predicted molar refractivity (Wildman–Crippen MR) is 122 cm³/mol. The number of aromatic nitrogens is 1. The summed E-state index contributed by atoms with van der Waals surface area (Å²) in [6.07, 6.45) is 2.07. The van der Waals surface area contributed by atoms with E-state index in [4.69, 9.17) is 21.2 Å². The van der Waals surface area contributed by atoms with Gasteiger partial charge in [-0.2, -0.15) is 4.99 Å². The zero-order valence-corrected chi connectivity index (χ0v) is 17.7. The number of fused-ring (bicyclic) bond motifs is 1. The molecule has 0 aliphatic heterocycles. The number of aryl methyl sites for hydroxylation is 1. The van der Waals surface area contributed by atoms with E-state index >= 15 is 0 Å². The summed E-state index contributed by atoms with van der Waals surface area (Å²) < 4.78 is 5.89. The topological polar surface area (TPSA) is 104 Å². The van der Waals surface area contributed by atoms with Crippen LogP contribution in [-0.2, 0) is 0 Å². The first-order chi connectivity index (χ1) is 14.3. The summed E-state index contributed by atoms with van der Waals surface area (Å²) in [4.78, 5) is 21.3. The Morgan fingerprint density at radius 1 is 1.13 bits per heavy atom. The normalized spacial score (nSPS) is 10.9. The van der Waals surface area contributed by atoms with Crippen molar-refractivity contribution in [2.45, 2.75) is 33.6 Å². The minimum atomic E-state index is -0.505. The van der Waals surface area contributed by atoms with Gasteiger partial charge in [-0.25, -0.2) is 4.98 Å². The molecule has 0 saturated carbocycles. The predicted octanol–water partition coefficient (Wildman–Crippen LogP) is 4.44. The smallest absolute Gasteiger partial charge is 0.280 e. The number of benzene rings is 2. The van der Waals surface area contributed by atoms with Gasteiger partial charge < -0.3 is 16.2 Å². The molecular weight excluding hydrogens is 376 g/mol. The molecule has 1 heterocycles. The minimum Gasteiger partial charge on any atom is -0.494 e. The second-order valence-corrected chi connectivity index (χ2v) is 7.78. The first-order valence-electron chi connectivity index (χ1n) is 10.1. The summed E-state index contributed by atoms with van der Waals surface area (Å²) in [6, 6.07) is 15.2. The summed E-state index contributed by atoms with van der Waals surface area (Å²) in [6.45, 7) is 7.01. The lowest BCUT2D eigenvalue weighted by Gasteiger charge is -2.12. The number of rotatable bonds is 7. The molecule has 0 bridgehead atoms. The molecule has 6 heteroatoms. The molecule has 1 amide bonds. The highest BCUT2D eigenvalue weighted by molar-refractivity contribution is 6.11. The molecule has 30 heavy (non-hydrogen) atoms. The number of hydrogen-bond acceptors (Lipinski definition) is 3. The molecule has 0 aliphatic carbocycles. The first-order valence-corrected chi connectivity index (χ1v) is 10.1. The van der Waals surface area contributed by atoms with E-state index in [9.17, 15) is 4.79 Å². The number of hydrogen-bond donors (Lipinski definition) is 2. The van der Waals surface area contributed by atoms with E-state index in [0.717, 1.165) is 24.0 Å². The molecule has 0 atom stereocenters. The zero-order valence-electron chi connectivity index (χ0n) is 17.7. The number of pyridine rings is 1. The Labute approximate surface area is 177 Å². The van der Waals surface area contributed by atoms with E-state index in [1.807, 2.05) is 49.4 Å². The van der Waals surface area contributed by atoms with Crippen molar-refractivity contribution in [3.8, 4) is 17.0 Å². The van der Waals surface area contributed by atoms with Gasteiger partial charge in [0.2, 0.25) is 0 Å². The van der Waals surface area contributed by atoms with E-state index in [1.165, 1.54) is 0 Å². The highest BCUT2D eigenvalue weighted by Gasteiger charge is 2.16. The molecule has 156 valence electrons. The molecule has 0 fully saturated rings. The van der Waals surface area contributed by atoms with Gasteiger partial charge in [-0.1, -0.05) is 38.1 Å².